The van der Waals surface area contributed by atoms with Gasteiger partial charge < -0.3 is 4.42 Å². The lowest BCUT2D eigenvalue weighted by Gasteiger charge is -2.44. The Morgan fingerprint density at radius 1 is 1.44 bits per heavy atom. The molecule has 2 bridgehead atoms. The molecule has 0 aliphatic heterocycles. The summed E-state index contributed by atoms with van der Waals surface area (Å²) in [5, 5.41) is 0. The van der Waals surface area contributed by atoms with Gasteiger partial charge in [0.15, 0.2) is 0 Å². The Hall–Kier alpha value is -0.980. The molecule has 1 nitrogen and oxygen atoms in total. The Balaban J connectivity index is 2.14. The van der Waals surface area contributed by atoms with Gasteiger partial charge in [0.1, 0.15) is 5.76 Å². The van der Waals surface area contributed by atoms with Crippen molar-refractivity contribution in [2.45, 2.75) is 46.0 Å². The first-order valence-electron chi connectivity index (χ1n) is 6.36. The largest absolute Gasteiger partial charge is 0.468 e. The molecule has 4 rings (SSSR count). The molecule has 16 heavy (non-hydrogen) atoms. The van der Waals surface area contributed by atoms with Gasteiger partial charge in [-0.25, -0.2) is 0 Å². The maximum atomic E-state index is 5.70. The first kappa shape index (κ1) is 10.2. The molecular formula is C15H20O. The molecule has 0 aromatic carbocycles. The van der Waals surface area contributed by atoms with Gasteiger partial charge in [0, 0.05) is 5.92 Å². The molecule has 1 aromatic heterocycles. The van der Waals surface area contributed by atoms with Crippen LogP contribution in [-0.2, 0) is 6.42 Å². The van der Waals surface area contributed by atoms with Crippen molar-refractivity contribution in [1.29, 1.82) is 0 Å². The van der Waals surface area contributed by atoms with E-state index < -0.39 is 0 Å². The van der Waals surface area contributed by atoms with E-state index in [1.54, 1.807) is 5.57 Å². The standard InChI is InChI=1S/C15H20O/c1-10-8-13-9-11(2)15(10,3)6-4-12-5-7-16-14(12)13/h5,7-8,11,13H,4,6,9H2,1-3H3/t11-,13+,15-/m0/s1. The van der Waals surface area contributed by atoms with Crippen molar-refractivity contribution >= 4 is 0 Å². The van der Waals surface area contributed by atoms with Crippen LogP contribution in [0.4, 0.5) is 0 Å². The van der Waals surface area contributed by atoms with E-state index in [1.165, 1.54) is 30.6 Å². The van der Waals surface area contributed by atoms with Crippen molar-refractivity contribution < 1.29 is 4.42 Å². The topological polar surface area (TPSA) is 13.1 Å². The minimum atomic E-state index is 0.408. The van der Waals surface area contributed by atoms with E-state index in [9.17, 15) is 0 Å². The summed E-state index contributed by atoms with van der Waals surface area (Å²) in [6.07, 6.45) is 7.99. The van der Waals surface area contributed by atoms with E-state index in [0.717, 1.165) is 5.92 Å². The van der Waals surface area contributed by atoms with Crippen LogP contribution in [-0.4, -0.2) is 0 Å². The van der Waals surface area contributed by atoms with Crippen molar-refractivity contribution in [3.05, 3.63) is 35.3 Å². The third kappa shape index (κ3) is 1.24. The average Bonchev–Trinajstić information content (AvgIpc) is 2.69. The minimum absolute atomic E-state index is 0.408. The molecule has 0 amide bonds. The lowest BCUT2D eigenvalue weighted by molar-refractivity contribution is 0.188. The van der Waals surface area contributed by atoms with Gasteiger partial charge in [0.05, 0.1) is 6.26 Å². The maximum Gasteiger partial charge on any atom is 0.113 e. The Morgan fingerprint density at radius 3 is 3.00 bits per heavy atom. The summed E-state index contributed by atoms with van der Waals surface area (Å²) in [4.78, 5) is 0. The summed E-state index contributed by atoms with van der Waals surface area (Å²) in [5.74, 6) is 2.52. The van der Waals surface area contributed by atoms with Crippen LogP contribution in [0.5, 0.6) is 0 Å². The highest BCUT2D eigenvalue weighted by Gasteiger charge is 2.40. The summed E-state index contributed by atoms with van der Waals surface area (Å²) < 4.78 is 5.70. The molecule has 0 N–H and O–H groups in total. The van der Waals surface area contributed by atoms with Crippen molar-refractivity contribution in [1.82, 2.24) is 0 Å². The average molecular weight is 216 g/mol. The molecule has 0 radical (unpaired) electrons. The van der Waals surface area contributed by atoms with Crippen LogP contribution in [0.15, 0.2) is 28.4 Å². The molecule has 1 heterocycles. The van der Waals surface area contributed by atoms with E-state index >= 15 is 0 Å². The van der Waals surface area contributed by atoms with E-state index in [-0.39, 0.29) is 0 Å². The Labute approximate surface area is 97.5 Å². The SMILES string of the molecule is CC1=C[C@@H]2C[C@H](C)[C@@]1(C)CCc1ccoc12. The smallest absolute Gasteiger partial charge is 0.113 e. The zero-order chi connectivity index (χ0) is 11.3. The highest BCUT2D eigenvalue weighted by Crippen LogP contribution is 2.51. The van der Waals surface area contributed by atoms with Crippen LogP contribution < -0.4 is 0 Å². The Bertz CT molecular complexity index is 440. The zero-order valence-corrected chi connectivity index (χ0v) is 10.4. The van der Waals surface area contributed by atoms with Crippen LogP contribution in [0.2, 0.25) is 0 Å². The molecular weight excluding hydrogens is 196 g/mol. The summed E-state index contributed by atoms with van der Waals surface area (Å²) in [7, 11) is 0. The highest BCUT2D eigenvalue weighted by atomic mass is 16.3. The first-order chi connectivity index (χ1) is 7.61. The molecule has 86 valence electrons. The van der Waals surface area contributed by atoms with Gasteiger partial charge in [-0.1, -0.05) is 25.5 Å². The van der Waals surface area contributed by atoms with Gasteiger partial charge in [0.2, 0.25) is 0 Å². The van der Waals surface area contributed by atoms with Crippen LogP contribution in [0.1, 0.15) is 50.9 Å². The van der Waals surface area contributed by atoms with Crippen LogP contribution in [0.3, 0.4) is 0 Å². The van der Waals surface area contributed by atoms with Crippen LogP contribution in [0, 0.1) is 11.3 Å². The molecule has 0 saturated heterocycles. The molecule has 1 aromatic rings. The predicted octanol–water partition coefficient (Wildman–Crippen LogP) is 4.30. The lowest BCUT2D eigenvalue weighted by atomic mass is 9.60. The fourth-order valence-corrected chi connectivity index (χ4v) is 3.49. The number of hydrogen-bond donors (Lipinski definition) is 0. The molecule has 0 fully saturated rings. The number of allylic oxidation sites excluding steroid dienone is 2. The van der Waals surface area contributed by atoms with Gasteiger partial charge >= 0.3 is 0 Å². The molecule has 0 spiro atoms. The Kier molecular flexibility index (Phi) is 2.07. The molecule has 0 saturated carbocycles. The molecule has 0 unspecified atom stereocenters. The van der Waals surface area contributed by atoms with E-state index in [2.05, 4.69) is 32.9 Å². The number of rotatable bonds is 0. The normalized spacial score (nSPS) is 37.6. The third-order valence-corrected chi connectivity index (χ3v) is 5.08. The number of hydrogen-bond acceptors (Lipinski definition) is 1. The predicted molar refractivity (Wildman–Crippen MR) is 65.4 cm³/mol. The number of fused-ring (bicyclic) bond motifs is 2. The molecule has 3 aliphatic carbocycles. The van der Waals surface area contributed by atoms with E-state index in [0.29, 0.717) is 11.3 Å². The van der Waals surface area contributed by atoms with Crippen molar-refractivity contribution in [2.75, 3.05) is 0 Å². The summed E-state index contributed by atoms with van der Waals surface area (Å²) in [6.45, 7) is 7.14. The molecule has 1 heteroatoms. The fraction of sp³-hybridized carbons (Fsp3) is 0.600. The number of furan rings is 1. The maximum absolute atomic E-state index is 5.70. The van der Waals surface area contributed by atoms with Gasteiger partial charge in [0.25, 0.3) is 0 Å². The van der Waals surface area contributed by atoms with Gasteiger partial charge in [-0.2, -0.15) is 0 Å². The van der Waals surface area contributed by atoms with Crippen LogP contribution >= 0.6 is 0 Å². The monoisotopic (exact) mass is 216 g/mol. The fourth-order valence-electron chi connectivity index (χ4n) is 3.49. The van der Waals surface area contributed by atoms with E-state index in [1.807, 2.05) is 6.26 Å². The van der Waals surface area contributed by atoms with Gasteiger partial charge in [-0.15, -0.1) is 0 Å². The molecule has 3 atom stereocenters. The highest BCUT2D eigenvalue weighted by molar-refractivity contribution is 5.33. The summed E-state index contributed by atoms with van der Waals surface area (Å²) >= 11 is 0. The summed E-state index contributed by atoms with van der Waals surface area (Å²) in [6, 6.07) is 2.16. The first-order valence-corrected chi connectivity index (χ1v) is 6.36. The molecule has 3 aliphatic rings. The lowest BCUT2D eigenvalue weighted by Crippen LogP contribution is -2.34. The van der Waals surface area contributed by atoms with Gasteiger partial charge in [-0.05, 0) is 49.1 Å². The second kappa shape index (κ2) is 3.26. The van der Waals surface area contributed by atoms with Crippen molar-refractivity contribution in [3.63, 3.8) is 0 Å². The third-order valence-electron chi connectivity index (χ3n) is 5.08. The van der Waals surface area contributed by atoms with Crippen molar-refractivity contribution in [2.24, 2.45) is 11.3 Å². The summed E-state index contributed by atoms with van der Waals surface area (Å²) in [5.41, 5.74) is 3.41. The minimum Gasteiger partial charge on any atom is -0.468 e. The number of aryl methyl sites for hydroxylation is 1. The Morgan fingerprint density at radius 2 is 2.25 bits per heavy atom. The van der Waals surface area contributed by atoms with Crippen molar-refractivity contribution in [3.8, 4) is 0 Å². The second-order valence-electron chi connectivity index (χ2n) is 5.82. The van der Waals surface area contributed by atoms with E-state index in [4.69, 9.17) is 4.42 Å². The second-order valence-corrected chi connectivity index (χ2v) is 5.82. The van der Waals surface area contributed by atoms with Gasteiger partial charge in [-0.3, -0.25) is 0 Å². The quantitative estimate of drug-likeness (QED) is 0.589. The van der Waals surface area contributed by atoms with Crippen LogP contribution in [0.25, 0.3) is 0 Å². The zero-order valence-electron chi connectivity index (χ0n) is 10.4.